The first-order valence-corrected chi connectivity index (χ1v) is 33.1. The molecule has 0 radical (unpaired) electrons. The second-order valence-electron chi connectivity index (χ2n) is 25.9. The average molecular weight is 1260 g/mol. The zero-order valence-electron chi connectivity index (χ0n) is 64.0. The summed E-state index contributed by atoms with van der Waals surface area (Å²) in [6.45, 7) is 32.5. The predicted octanol–water partition coefficient (Wildman–Crippen LogP) is 18.3. The fourth-order valence-electron chi connectivity index (χ4n) is 12.4. The molecule has 12 rings (SSSR count). The van der Waals surface area contributed by atoms with Gasteiger partial charge in [0.05, 0.1) is 0 Å². The van der Waals surface area contributed by atoms with E-state index in [1.54, 1.807) is 12.3 Å². The van der Waals surface area contributed by atoms with Crippen molar-refractivity contribution < 1.29 is 31.5 Å². The Morgan fingerprint density at radius 3 is 1.05 bits per heavy atom. The van der Waals surface area contributed by atoms with Crippen molar-refractivity contribution in [3.63, 3.8) is 0 Å². The van der Waals surface area contributed by atoms with Crippen molar-refractivity contribution in [2.24, 2.45) is 42.3 Å². The number of hydrogen-bond donors (Lipinski definition) is 0. The van der Waals surface area contributed by atoms with E-state index in [2.05, 4.69) is 345 Å². The number of benzene rings is 6. The van der Waals surface area contributed by atoms with Crippen molar-refractivity contribution in [1.29, 1.82) is 0 Å². The van der Waals surface area contributed by atoms with Crippen LogP contribution in [0.1, 0.15) is 98.7 Å². The van der Waals surface area contributed by atoms with Crippen LogP contribution in [0.3, 0.4) is 0 Å². The van der Waals surface area contributed by atoms with E-state index < -0.39 is 6.85 Å². The lowest BCUT2D eigenvalue weighted by Crippen LogP contribution is -2.33. The first-order valence-electron chi connectivity index (χ1n) is 34.6. The van der Waals surface area contributed by atoms with E-state index in [1.807, 2.05) is 48.9 Å². The molecule has 0 unspecified atom stereocenters. The van der Waals surface area contributed by atoms with Gasteiger partial charge in [-0.05, 0) is 222 Å². The Kier molecular flexibility index (Phi) is 23.9. The van der Waals surface area contributed by atoms with Crippen molar-refractivity contribution in [3.05, 3.63) is 320 Å². The van der Waals surface area contributed by atoms with Gasteiger partial charge >= 0.3 is 0 Å². The molecule has 12 aromatic rings. The van der Waals surface area contributed by atoms with E-state index in [-0.39, 0.29) is 0 Å². The third-order valence-corrected chi connectivity index (χ3v) is 18.3. The smallest absolute Gasteiger partial charge is 0.201 e. The van der Waals surface area contributed by atoms with E-state index in [4.69, 9.17) is 4.11 Å². The van der Waals surface area contributed by atoms with Crippen molar-refractivity contribution in [3.8, 4) is 67.5 Å². The maximum absolute atomic E-state index is 7.41. The first-order chi connectivity index (χ1) is 46.4. The van der Waals surface area contributed by atoms with E-state index in [1.165, 1.54) is 145 Å². The molecule has 6 heterocycles. The molecule has 0 spiro atoms. The number of rotatable bonds is 6. The lowest BCUT2D eigenvalue weighted by Gasteiger charge is -2.10. The molecule has 6 aromatic carbocycles. The van der Waals surface area contributed by atoms with Gasteiger partial charge in [0.2, 0.25) is 34.2 Å². The summed E-state index contributed by atoms with van der Waals surface area (Å²) in [5, 5.41) is 0. The average Bonchev–Trinajstić information content (AvgIpc) is 0.813. The van der Waals surface area contributed by atoms with Crippen LogP contribution in [0, 0.1) is 118 Å². The van der Waals surface area contributed by atoms with Gasteiger partial charge < -0.3 is 0 Å². The highest BCUT2D eigenvalue weighted by Gasteiger charge is 2.21. The standard InChI is InChI=1S/C16H20N.3C15H18N.2C14H16N/c1-11-8-6-7-9-15(11)16-14(4)13(3)12(2)10-17(16)5;1-11-9-13(3)15(16(4)10-11)14-8-6-5-7-12(14)2;1-11-7-5-6-8-14(11)15-9-12(2)13(3)10-16(15)4;1-11-9-10-16(4)15(13(11)3)14-8-6-5-7-12(14)2;1-11-8-9-15(3)14(10-11)13-7-5-4-6-12(13)2;1-11-8-9-14(15(3)10-11)13-7-5-4-6-12(13)2/h6-10H,1-5H3;3*5-10H,1-4H3;2*4-10H,1-3H3/q6*+1/i;;;;;1D3. The molecule has 0 N–H and O–H groups in total. The number of hydrogen-bond acceptors (Lipinski definition) is 0. The molecule has 0 aliphatic carbocycles. The second kappa shape index (κ2) is 33.4. The second-order valence-corrected chi connectivity index (χ2v) is 25.9. The largest absolute Gasteiger partial charge is 0.215 e. The van der Waals surface area contributed by atoms with Gasteiger partial charge in [-0.25, -0.2) is 27.4 Å². The lowest BCUT2D eigenvalue weighted by atomic mass is 9.97. The Morgan fingerprint density at radius 1 is 0.221 bits per heavy atom. The Balaban J connectivity index is 0.000000166. The SMILES string of the molecule is Cc1cc(-c2ccccc2C)[n+](C)cc1C.Cc1cc(C)c(-c2ccccc2C)[n+](C)c1.Cc1cc[n+](C)c(-c2ccccc2C)c1.Cc1ccccc1-c1c(C)c(C)c(C)c[n+]1C.Cc1ccccc1-c1c(C)c(C)cc[n+]1C.[2H]C([2H])([2H])c1ccc(-c2ccccc2C)[n+](C)c1. The Labute approximate surface area is 575 Å². The van der Waals surface area contributed by atoms with Crippen LogP contribution in [0.5, 0.6) is 0 Å². The minimum Gasteiger partial charge on any atom is -0.201 e. The Hall–Kier alpha value is -9.78. The molecular formula is C89H106N6+6. The van der Waals surface area contributed by atoms with E-state index in [0.29, 0.717) is 5.56 Å². The Morgan fingerprint density at radius 2 is 0.600 bits per heavy atom. The first kappa shape index (κ1) is 68.1. The van der Waals surface area contributed by atoms with Gasteiger partial charge in [0.25, 0.3) is 0 Å². The highest BCUT2D eigenvalue weighted by molar-refractivity contribution is 5.68. The molecule has 0 saturated heterocycles. The predicted molar refractivity (Wildman–Crippen MR) is 399 cm³/mol. The number of pyridine rings is 6. The summed E-state index contributed by atoms with van der Waals surface area (Å²) in [7, 11) is 12.4. The fourth-order valence-corrected chi connectivity index (χ4v) is 12.4. The fraction of sp³-hybridized carbons (Fsp3) is 0.258. The molecule has 95 heavy (non-hydrogen) atoms. The summed E-state index contributed by atoms with van der Waals surface area (Å²) in [5.74, 6) is 0. The van der Waals surface area contributed by atoms with Crippen LogP contribution < -0.4 is 27.4 Å². The maximum atomic E-state index is 7.41. The van der Waals surface area contributed by atoms with Crippen LogP contribution >= 0.6 is 0 Å². The maximum Gasteiger partial charge on any atom is 0.215 e. The van der Waals surface area contributed by atoms with E-state index >= 15 is 0 Å². The summed E-state index contributed by atoms with van der Waals surface area (Å²) in [4.78, 5) is 0. The molecule has 6 heteroatoms. The van der Waals surface area contributed by atoms with E-state index in [9.17, 15) is 0 Å². The van der Waals surface area contributed by atoms with Crippen molar-refractivity contribution in [2.45, 2.75) is 118 Å². The van der Waals surface area contributed by atoms with Crippen LogP contribution in [-0.4, -0.2) is 0 Å². The van der Waals surface area contributed by atoms with Crippen LogP contribution in [-0.2, 0) is 42.3 Å². The van der Waals surface area contributed by atoms with Gasteiger partial charge in [0, 0.05) is 107 Å². The molecular weight excluding hydrogens is 1150 g/mol. The highest BCUT2D eigenvalue weighted by Crippen LogP contribution is 2.29. The normalized spacial score (nSPS) is 11.1. The minimum absolute atomic E-state index is 0.363. The van der Waals surface area contributed by atoms with Crippen LogP contribution in [0.4, 0.5) is 0 Å². The molecule has 0 aliphatic heterocycles. The number of nitrogens with zero attached hydrogens (tertiary/aromatic N) is 6. The van der Waals surface area contributed by atoms with Crippen molar-refractivity contribution in [1.82, 2.24) is 0 Å². The van der Waals surface area contributed by atoms with Crippen molar-refractivity contribution >= 4 is 0 Å². The molecule has 0 bridgehead atoms. The van der Waals surface area contributed by atoms with Gasteiger partial charge in [-0.1, -0.05) is 109 Å². The van der Waals surface area contributed by atoms with Gasteiger partial charge in [-0.15, -0.1) is 0 Å². The zero-order valence-corrected chi connectivity index (χ0v) is 61.0. The molecule has 486 valence electrons. The Bertz CT molecular complexity index is 4740. The molecule has 0 amide bonds. The molecule has 0 aliphatic rings. The summed E-state index contributed by atoms with van der Waals surface area (Å²) in [6.07, 6.45) is 12.5. The van der Waals surface area contributed by atoms with Gasteiger partial charge in [-0.2, -0.15) is 0 Å². The number of aryl methyl sites for hydroxylation is 20. The lowest BCUT2D eigenvalue weighted by molar-refractivity contribution is -0.661. The molecule has 6 aromatic heterocycles. The summed E-state index contributed by atoms with van der Waals surface area (Å²) in [5.41, 5.74) is 36.8. The molecule has 0 saturated carbocycles. The summed E-state index contributed by atoms with van der Waals surface area (Å²) >= 11 is 0. The minimum atomic E-state index is -2.05. The van der Waals surface area contributed by atoms with Crippen LogP contribution in [0.25, 0.3) is 67.5 Å². The summed E-state index contributed by atoms with van der Waals surface area (Å²) in [6, 6.07) is 65.3. The van der Waals surface area contributed by atoms with Crippen molar-refractivity contribution in [2.75, 3.05) is 0 Å². The summed E-state index contributed by atoms with van der Waals surface area (Å²) < 4.78 is 35.1. The highest BCUT2D eigenvalue weighted by atomic mass is 14.9. The zero-order chi connectivity index (χ0) is 71.9. The van der Waals surface area contributed by atoms with E-state index in [0.717, 1.165) is 11.3 Å². The number of aromatic nitrogens is 6. The topological polar surface area (TPSA) is 23.3 Å². The van der Waals surface area contributed by atoms with Crippen LogP contribution in [0.2, 0.25) is 0 Å². The van der Waals surface area contributed by atoms with Gasteiger partial charge in [0.1, 0.15) is 42.3 Å². The van der Waals surface area contributed by atoms with Gasteiger partial charge in [0.15, 0.2) is 37.2 Å². The van der Waals surface area contributed by atoms with Gasteiger partial charge in [-0.3, -0.25) is 0 Å². The quantitative estimate of drug-likeness (QED) is 0.148. The van der Waals surface area contributed by atoms with Crippen LogP contribution in [0.15, 0.2) is 225 Å². The molecule has 0 atom stereocenters. The third-order valence-electron chi connectivity index (χ3n) is 18.3. The molecule has 0 fully saturated rings. The third kappa shape index (κ3) is 18.5. The monoisotopic (exact) mass is 1260 g/mol. The molecule has 6 nitrogen and oxygen atoms in total.